The molecule has 132 valence electrons. The molecule has 1 aromatic heterocycles. The molecule has 0 bridgehead atoms. The SMILES string of the molecule is CC(C)(C)OC(=O)N1CCC2(CCN(c3ccncc3N)CC2)C1. The maximum atomic E-state index is 12.3. The molecule has 0 saturated carbocycles. The number of anilines is 2. The first-order valence-corrected chi connectivity index (χ1v) is 8.70. The van der Waals surface area contributed by atoms with Crippen LogP contribution in [0, 0.1) is 5.41 Å². The number of amides is 1. The molecule has 0 atom stereocenters. The van der Waals surface area contributed by atoms with Gasteiger partial charge in [0.1, 0.15) is 5.60 Å². The zero-order valence-electron chi connectivity index (χ0n) is 14.9. The van der Waals surface area contributed by atoms with E-state index in [0.717, 1.165) is 56.8 Å². The van der Waals surface area contributed by atoms with Crippen LogP contribution in [-0.2, 0) is 4.74 Å². The van der Waals surface area contributed by atoms with Crippen molar-refractivity contribution in [3.05, 3.63) is 18.5 Å². The third-order valence-electron chi connectivity index (χ3n) is 5.08. The van der Waals surface area contributed by atoms with Crippen LogP contribution >= 0.6 is 0 Å². The Bertz CT molecular complexity index is 603. The van der Waals surface area contributed by atoms with Crippen LogP contribution in [0.1, 0.15) is 40.0 Å². The van der Waals surface area contributed by atoms with Gasteiger partial charge in [-0.2, -0.15) is 0 Å². The maximum Gasteiger partial charge on any atom is 0.410 e. The van der Waals surface area contributed by atoms with E-state index in [0.29, 0.717) is 0 Å². The first-order chi connectivity index (χ1) is 11.3. The Morgan fingerprint density at radius 3 is 2.54 bits per heavy atom. The largest absolute Gasteiger partial charge is 0.444 e. The van der Waals surface area contributed by atoms with Gasteiger partial charge in [0.25, 0.3) is 0 Å². The molecule has 2 N–H and O–H groups in total. The fourth-order valence-corrected chi connectivity index (χ4v) is 3.73. The molecule has 6 nitrogen and oxygen atoms in total. The van der Waals surface area contributed by atoms with E-state index in [2.05, 4.69) is 9.88 Å². The van der Waals surface area contributed by atoms with E-state index in [1.165, 1.54) is 0 Å². The number of hydrogen-bond acceptors (Lipinski definition) is 5. The highest BCUT2D eigenvalue weighted by Gasteiger charge is 2.43. The Labute approximate surface area is 144 Å². The quantitative estimate of drug-likeness (QED) is 0.856. The van der Waals surface area contributed by atoms with E-state index < -0.39 is 5.60 Å². The molecular weight excluding hydrogens is 304 g/mol. The first-order valence-electron chi connectivity index (χ1n) is 8.70. The highest BCUT2D eigenvalue weighted by Crippen LogP contribution is 2.42. The lowest BCUT2D eigenvalue weighted by atomic mass is 9.77. The van der Waals surface area contributed by atoms with Crippen LogP contribution in [-0.4, -0.2) is 47.8 Å². The lowest BCUT2D eigenvalue weighted by Crippen LogP contribution is -2.43. The average Bonchev–Trinajstić information content (AvgIpc) is 2.91. The summed E-state index contributed by atoms with van der Waals surface area (Å²) >= 11 is 0. The van der Waals surface area contributed by atoms with Gasteiger partial charge in [-0.3, -0.25) is 4.98 Å². The third kappa shape index (κ3) is 3.57. The molecule has 24 heavy (non-hydrogen) atoms. The lowest BCUT2D eigenvalue weighted by Gasteiger charge is -2.40. The monoisotopic (exact) mass is 332 g/mol. The van der Waals surface area contributed by atoms with Gasteiger partial charge in [0.15, 0.2) is 0 Å². The fourth-order valence-electron chi connectivity index (χ4n) is 3.73. The van der Waals surface area contributed by atoms with E-state index in [1.54, 1.807) is 12.4 Å². The van der Waals surface area contributed by atoms with Gasteiger partial charge in [-0.15, -0.1) is 0 Å². The molecule has 2 saturated heterocycles. The normalized spacial score (nSPS) is 20.5. The van der Waals surface area contributed by atoms with Crippen molar-refractivity contribution in [2.75, 3.05) is 36.8 Å². The number of piperidine rings is 1. The van der Waals surface area contributed by atoms with E-state index in [1.807, 2.05) is 31.7 Å². The predicted molar refractivity (Wildman–Crippen MR) is 95.0 cm³/mol. The summed E-state index contributed by atoms with van der Waals surface area (Å²) in [6.45, 7) is 9.28. The highest BCUT2D eigenvalue weighted by molar-refractivity contribution is 5.69. The molecule has 6 heteroatoms. The predicted octanol–water partition coefficient (Wildman–Crippen LogP) is 2.89. The zero-order chi connectivity index (χ0) is 17.4. The number of ether oxygens (including phenoxy) is 1. The minimum Gasteiger partial charge on any atom is -0.444 e. The second-order valence-electron chi connectivity index (χ2n) is 8.07. The molecular formula is C18H28N4O2. The Hall–Kier alpha value is -1.98. The Balaban J connectivity index is 1.59. The topological polar surface area (TPSA) is 71.7 Å². The van der Waals surface area contributed by atoms with Crippen LogP contribution in [0.5, 0.6) is 0 Å². The second kappa shape index (κ2) is 6.15. The van der Waals surface area contributed by atoms with Crippen LogP contribution in [0.15, 0.2) is 18.5 Å². The molecule has 2 fully saturated rings. The van der Waals surface area contributed by atoms with Gasteiger partial charge >= 0.3 is 6.09 Å². The van der Waals surface area contributed by atoms with Crippen LogP contribution in [0.4, 0.5) is 16.2 Å². The van der Waals surface area contributed by atoms with Crippen molar-refractivity contribution in [2.45, 2.75) is 45.6 Å². The summed E-state index contributed by atoms with van der Waals surface area (Å²) in [5, 5.41) is 0. The minimum absolute atomic E-state index is 0.180. The molecule has 1 spiro atoms. The molecule has 1 amide bonds. The van der Waals surface area contributed by atoms with Crippen molar-refractivity contribution >= 4 is 17.5 Å². The van der Waals surface area contributed by atoms with Crippen LogP contribution in [0.3, 0.4) is 0 Å². The van der Waals surface area contributed by atoms with Crippen molar-refractivity contribution in [1.29, 1.82) is 0 Å². The maximum absolute atomic E-state index is 12.3. The van der Waals surface area contributed by atoms with Crippen molar-refractivity contribution < 1.29 is 9.53 Å². The molecule has 0 aliphatic carbocycles. The number of carbonyl (C=O) groups excluding carboxylic acids is 1. The van der Waals surface area contributed by atoms with Gasteiger partial charge in [0.05, 0.1) is 17.6 Å². The van der Waals surface area contributed by atoms with Crippen molar-refractivity contribution in [2.24, 2.45) is 5.41 Å². The fraction of sp³-hybridized carbons (Fsp3) is 0.667. The second-order valence-corrected chi connectivity index (χ2v) is 8.07. The number of likely N-dealkylation sites (tertiary alicyclic amines) is 1. The van der Waals surface area contributed by atoms with Gasteiger partial charge in [-0.25, -0.2) is 4.79 Å². The summed E-state index contributed by atoms with van der Waals surface area (Å²) < 4.78 is 5.51. The number of aromatic nitrogens is 1. The first kappa shape index (κ1) is 16.9. The summed E-state index contributed by atoms with van der Waals surface area (Å²) in [6, 6.07) is 1.98. The molecule has 2 aliphatic rings. The van der Waals surface area contributed by atoms with Gasteiger partial charge in [0.2, 0.25) is 0 Å². The minimum atomic E-state index is -0.435. The molecule has 0 unspecified atom stereocenters. The molecule has 3 rings (SSSR count). The van der Waals surface area contributed by atoms with Gasteiger partial charge < -0.3 is 20.3 Å². The van der Waals surface area contributed by atoms with Crippen LogP contribution < -0.4 is 10.6 Å². The molecule has 2 aliphatic heterocycles. The average molecular weight is 332 g/mol. The van der Waals surface area contributed by atoms with Crippen molar-refractivity contribution in [1.82, 2.24) is 9.88 Å². The number of hydrogen-bond donors (Lipinski definition) is 1. The van der Waals surface area contributed by atoms with E-state index >= 15 is 0 Å². The summed E-state index contributed by atoms with van der Waals surface area (Å²) in [6.07, 6.45) is 6.53. The van der Waals surface area contributed by atoms with Crippen LogP contribution in [0.2, 0.25) is 0 Å². The number of rotatable bonds is 1. The number of carbonyl (C=O) groups is 1. The van der Waals surface area contributed by atoms with Crippen molar-refractivity contribution in [3.63, 3.8) is 0 Å². The van der Waals surface area contributed by atoms with Gasteiger partial charge in [0, 0.05) is 32.4 Å². The smallest absolute Gasteiger partial charge is 0.410 e. The van der Waals surface area contributed by atoms with E-state index in [-0.39, 0.29) is 11.5 Å². The Morgan fingerprint density at radius 2 is 1.92 bits per heavy atom. The zero-order valence-corrected chi connectivity index (χ0v) is 14.9. The molecule has 0 radical (unpaired) electrons. The van der Waals surface area contributed by atoms with Crippen LogP contribution in [0.25, 0.3) is 0 Å². The number of nitrogens with two attached hydrogens (primary N) is 1. The molecule has 3 heterocycles. The summed E-state index contributed by atoms with van der Waals surface area (Å²) in [5.41, 5.74) is 7.64. The van der Waals surface area contributed by atoms with E-state index in [9.17, 15) is 4.79 Å². The Morgan fingerprint density at radius 1 is 1.25 bits per heavy atom. The standard InChI is InChI=1S/C18H28N4O2/c1-17(2,3)24-16(23)22-11-7-18(13-22)5-9-21(10-6-18)15-4-8-20-12-14(15)19/h4,8,12H,5-7,9-11,13,19H2,1-3H3. The summed E-state index contributed by atoms with van der Waals surface area (Å²) in [5.74, 6) is 0. The van der Waals surface area contributed by atoms with E-state index in [4.69, 9.17) is 10.5 Å². The van der Waals surface area contributed by atoms with Gasteiger partial charge in [-0.1, -0.05) is 0 Å². The number of pyridine rings is 1. The molecule has 1 aromatic rings. The number of nitrogens with zero attached hydrogens (tertiary/aromatic N) is 3. The summed E-state index contributed by atoms with van der Waals surface area (Å²) in [4.78, 5) is 20.6. The summed E-state index contributed by atoms with van der Waals surface area (Å²) in [7, 11) is 0. The third-order valence-corrected chi connectivity index (χ3v) is 5.08. The lowest BCUT2D eigenvalue weighted by molar-refractivity contribution is 0.0266. The Kier molecular flexibility index (Phi) is 4.32. The van der Waals surface area contributed by atoms with Crippen molar-refractivity contribution in [3.8, 4) is 0 Å². The molecule has 0 aromatic carbocycles. The van der Waals surface area contributed by atoms with Gasteiger partial charge in [-0.05, 0) is 51.5 Å². The number of nitrogen functional groups attached to an aromatic ring is 1. The highest BCUT2D eigenvalue weighted by atomic mass is 16.6.